The molecule has 0 saturated heterocycles. The minimum Gasteiger partial charge on any atom is -0.396 e. The number of nitrogens with two attached hydrogens (primary N) is 1. The van der Waals surface area contributed by atoms with Gasteiger partial charge in [-0.25, -0.2) is 4.39 Å². The molecular formula is C15H13BrClFN2O. The Hall–Kier alpha value is -1.59. The van der Waals surface area contributed by atoms with Crippen LogP contribution in [0.3, 0.4) is 0 Å². The predicted octanol–water partition coefficient (Wildman–Crippen LogP) is 3.80. The molecule has 2 aromatic carbocycles. The summed E-state index contributed by atoms with van der Waals surface area (Å²) in [4.78, 5) is 12.0. The second-order valence-electron chi connectivity index (χ2n) is 4.49. The predicted molar refractivity (Wildman–Crippen MR) is 86.0 cm³/mol. The largest absolute Gasteiger partial charge is 0.396 e. The van der Waals surface area contributed by atoms with E-state index < -0.39 is 5.82 Å². The van der Waals surface area contributed by atoms with E-state index in [-0.39, 0.29) is 11.6 Å². The average molecular weight is 372 g/mol. The Labute approximate surface area is 135 Å². The van der Waals surface area contributed by atoms with E-state index in [4.69, 9.17) is 17.3 Å². The topological polar surface area (TPSA) is 55.1 Å². The molecule has 0 unspecified atom stereocenters. The summed E-state index contributed by atoms with van der Waals surface area (Å²) in [5, 5.41) is 3.42. The highest BCUT2D eigenvalue weighted by atomic mass is 79.9. The van der Waals surface area contributed by atoms with E-state index in [0.717, 1.165) is 5.56 Å². The molecule has 3 nitrogen and oxygen atoms in total. The van der Waals surface area contributed by atoms with Gasteiger partial charge < -0.3 is 11.1 Å². The number of hydrogen-bond donors (Lipinski definition) is 2. The molecule has 1 amide bonds. The fourth-order valence-corrected chi connectivity index (χ4v) is 2.56. The number of carbonyl (C=O) groups excluding carboxylic acids is 1. The lowest BCUT2D eigenvalue weighted by atomic mass is 10.1. The van der Waals surface area contributed by atoms with Gasteiger partial charge in [-0.3, -0.25) is 4.79 Å². The molecule has 0 fully saturated rings. The Morgan fingerprint density at radius 3 is 2.81 bits per heavy atom. The molecule has 0 atom stereocenters. The summed E-state index contributed by atoms with van der Waals surface area (Å²) in [5.74, 6) is -0.868. The number of rotatable bonds is 4. The number of anilines is 1. The molecule has 0 radical (unpaired) electrons. The fraction of sp³-hybridized carbons (Fsp3) is 0.133. The minimum absolute atomic E-state index is 0.0572. The van der Waals surface area contributed by atoms with Crippen molar-refractivity contribution in [3.05, 3.63) is 62.8 Å². The first-order chi connectivity index (χ1) is 9.97. The number of hydrogen-bond acceptors (Lipinski definition) is 2. The Balaban J connectivity index is 1.98. The Morgan fingerprint density at radius 1 is 1.33 bits per heavy atom. The lowest BCUT2D eigenvalue weighted by molar-refractivity contribution is 0.0953. The summed E-state index contributed by atoms with van der Waals surface area (Å²) in [6.45, 7) is 0.447. The van der Waals surface area contributed by atoms with E-state index in [1.165, 1.54) is 12.1 Å². The van der Waals surface area contributed by atoms with Gasteiger partial charge in [0.15, 0.2) is 0 Å². The van der Waals surface area contributed by atoms with Gasteiger partial charge in [0.2, 0.25) is 0 Å². The molecule has 6 heteroatoms. The first-order valence-electron chi connectivity index (χ1n) is 6.24. The molecule has 0 saturated carbocycles. The maximum atomic E-state index is 13.2. The smallest absolute Gasteiger partial charge is 0.252 e. The lowest BCUT2D eigenvalue weighted by Gasteiger charge is -2.08. The first kappa shape index (κ1) is 15.8. The second kappa shape index (κ2) is 6.91. The van der Waals surface area contributed by atoms with Crippen molar-refractivity contribution in [3.8, 4) is 0 Å². The molecule has 21 heavy (non-hydrogen) atoms. The Morgan fingerprint density at radius 2 is 2.10 bits per heavy atom. The molecule has 0 heterocycles. The van der Waals surface area contributed by atoms with Crippen LogP contribution in [0.15, 0.2) is 40.9 Å². The molecule has 0 spiro atoms. The zero-order valence-corrected chi connectivity index (χ0v) is 13.3. The van der Waals surface area contributed by atoms with Crippen molar-refractivity contribution in [1.29, 1.82) is 0 Å². The zero-order chi connectivity index (χ0) is 15.4. The lowest BCUT2D eigenvalue weighted by Crippen LogP contribution is -2.26. The molecule has 0 aliphatic carbocycles. The van der Waals surface area contributed by atoms with Crippen LogP contribution in [0.1, 0.15) is 15.9 Å². The van der Waals surface area contributed by atoms with Crippen LogP contribution in [0.2, 0.25) is 5.02 Å². The van der Waals surface area contributed by atoms with Crippen molar-refractivity contribution in [2.75, 3.05) is 12.3 Å². The maximum Gasteiger partial charge on any atom is 0.252 e. The average Bonchev–Trinajstić information content (AvgIpc) is 2.43. The third-order valence-electron chi connectivity index (χ3n) is 2.92. The molecule has 0 bridgehead atoms. The van der Waals surface area contributed by atoms with Crippen molar-refractivity contribution in [2.45, 2.75) is 6.42 Å². The third kappa shape index (κ3) is 4.19. The normalized spacial score (nSPS) is 10.4. The molecule has 2 aromatic rings. The Bertz CT molecular complexity index is 679. The van der Waals surface area contributed by atoms with Gasteiger partial charge in [-0.15, -0.1) is 0 Å². The second-order valence-corrected chi connectivity index (χ2v) is 5.78. The number of benzene rings is 2. The molecule has 0 aliphatic rings. The summed E-state index contributed by atoms with van der Waals surface area (Å²) in [5.41, 5.74) is 6.75. The number of amides is 1. The number of nitrogen functional groups attached to an aromatic ring is 1. The molecular weight excluding hydrogens is 359 g/mol. The van der Waals surface area contributed by atoms with Crippen LogP contribution < -0.4 is 11.1 Å². The summed E-state index contributed by atoms with van der Waals surface area (Å²) in [6, 6.07) is 9.93. The van der Waals surface area contributed by atoms with Crippen molar-refractivity contribution in [1.82, 2.24) is 5.32 Å². The number of nitrogens with one attached hydrogen (secondary N) is 1. The van der Waals surface area contributed by atoms with Crippen LogP contribution in [0, 0.1) is 5.82 Å². The highest BCUT2D eigenvalue weighted by Gasteiger charge is 2.12. The summed E-state index contributed by atoms with van der Waals surface area (Å²) in [7, 11) is 0. The SMILES string of the molecule is Nc1cc(C(=O)NCCc2cccc(Cl)c2)c(Br)cc1F. The number of halogens is 3. The van der Waals surface area contributed by atoms with Gasteiger partial charge in [-0.05, 0) is 52.2 Å². The third-order valence-corrected chi connectivity index (χ3v) is 3.81. The van der Waals surface area contributed by atoms with Gasteiger partial charge in [0.1, 0.15) is 5.82 Å². The van der Waals surface area contributed by atoms with Crippen LogP contribution in [0.5, 0.6) is 0 Å². The summed E-state index contributed by atoms with van der Waals surface area (Å²) < 4.78 is 13.6. The van der Waals surface area contributed by atoms with Crippen molar-refractivity contribution >= 4 is 39.1 Å². The van der Waals surface area contributed by atoms with E-state index in [1.54, 1.807) is 6.07 Å². The van der Waals surface area contributed by atoms with E-state index in [2.05, 4.69) is 21.2 Å². The van der Waals surface area contributed by atoms with E-state index in [9.17, 15) is 9.18 Å². The van der Waals surface area contributed by atoms with Crippen LogP contribution in [0.25, 0.3) is 0 Å². The molecule has 3 N–H and O–H groups in total. The monoisotopic (exact) mass is 370 g/mol. The molecule has 0 aliphatic heterocycles. The molecule has 0 aromatic heterocycles. The van der Waals surface area contributed by atoms with Crippen molar-refractivity contribution in [3.63, 3.8) is 0 Å². The fourth-order valence-electron chi connectivity index (χ4n) is 1.85. The minimum atomic E-state index is -0.558. The van der Waals surface area contributed by atoms with Gasteiger partial charge in [0, 0.05) is 16.0 Å². The van der Waals surface area contributed by atoms with Gasteiger partial charge in [-0.1, -0.05) is 23.7 Å². The van der Waals surface area contributed by atoms with Gasteiger partial charge in [-0.2, -0.15) is 0 Å². The van der Waals surface area contributed by atoms with Crippen molar-refractivity contribution in [2.24, 2.45) is 0 Å². The Kier molecular flexibility index (Phi) is 5.20. The summed E-state index contributed by atoms with van der Waals surface area (Å²) >= 11 is 9.05. The van der Waals surface area contributed by atoms with Crippen LogP contribution >= 0.6 is 27.5 Å². The van der Waals surface area contributed by atoms with E-state index >= 15 is 0 Å². The van der Waals surface area contributed by atoms with Gasteiger partial charge in [0.25, 0.3) is 5.91 Å². The standard InChI is InChI=1S/C15H13BrClFN2O/c16-12-8-13(18)14(19)7-11(12)15(21)20-5-4-9-2-1-3-10(17)6-9/h1-3,6-8H,4-5,19H2,(H,20,21). The maximum absolute atomic E-state index is 13.2. The van der Waals surface area contributed by atoms with Crippen LogP contribution in [0.4, 0.5) is 10.1 Å². The van der Waals surface area contributed by atoms with Crippen LogP contribution in [-0.4, -0.2) is 12.5 Å². The van der Waals surface area contributed by atoms with Gasteiger partial charge in [0.05, 0.1) is 11.3 Å². The van der Waals surface area contributed by atoms with E-state index in [0.29, 0.717) is 28.0 Å². The molecule has 110 valence electrons. The molecule has 2 rings (SSSR count). The van der Waals surface area contributed by atoms with Crippen molar-refractivity contribution < 1.29 is 9.18 Å². The van der Waals surface area contributed by atoms with Crippen LogP contribution in [-0.2, 0) is 6.42 Å². The highest BCUT2D eigenvalue weighted by Crippen LogP contribution is 2.22. The zero-order valence-electron chi connectivity index (χ0n) is 11.0. The van der Waals surface area contributed by atoms with E-state index in [1.807, 2.05) is 18.2 Å². The quantitative estimate of drug-likeness (QED) is 0.803. The summed E-state index contributed by atoms with van der Waals surface area (Å²) in [6.07, 6.45) is 0.653. The number of carbonyl (C=O) groups is 1. The highest BCUT2D eigenvalue weighted by molar-refractivity contribution is 9.10. The first-order valence-corrected chi connectivity index (χ1v) is 7.41. The van der Waals surface area contributed by atoms with Gasteiger partial charge >= 0.3 is 0 Å².